The van der Waals surface area contributed by atoms with E-state index in [2.05, 4.69) is 5.32 Å². The molecule has 0 saturated heterocycles. The number of carbonyl (C=O) groups excluding carboxylic acids is 1. The number of carbonyl (C=O) groups is 1. The summed E-state index contributed by atoms with van der Waals surface area (Å²) >= 11 is 0. The molecule has 0 radical (unpaired) electrons. The quantitative estimate of drug-likeness (QED) is 0.901. The van der Waals surface area contributed by atoms with E-state index in [4.69, 9.17) is 9.47 Å². The minimum Gasteiger partial charge on any atom is -0.508 e. The van der Waals surface area contributed by atoms with Crippen LogP contribution in [0.4, 0.5) is 0 Å². The molecule has 108 valence electrons. The molecule has 0 saturated carbocycles. The Morgan fingerprint density at radius 2 is 1.95 bits per heavy atom. The fourth-order valence-electron chi connectivity index (χ4n) is 2.15. The molecule has 1 amide bonds. The van der Waals surface area contributed by atoms with Crippen molar-refractivity contribution in [1.82, 2.24) is 5.32 Å². The molecule has 2 aromatic rings. The third-order valence-electron chi connectivity index (χ3n) is 3.27. The SMILES string of the molecule is O=C(Cc1ccccc1O)NCc1ccc2c(c1)OCO2. The highest BCUT2D eigenvalue weighted by atomic mass is 16.7. The van der Waals surface area contributed by atoms with Gasteiger partial charge in [0.1, 0.15) is 5.75 Å². The first-order valence-corrected chi connectivity index (χ1v) is 6.64. The van der Waals surface area contributed by atoms with Gasteiger partial charge in [-0.1, -0.05) is 24.3 Å². The Labute approximate surface area is 122 Å². The van der Waals surface area contributed by atoms with Crippen molar-refractivity contribution in [3.63, 3.8) is 0 Å². The maximum Gasteiger partial charge on any atom is 0.231 e. The molecule has 5 heteroatoms. The molecule has 0 aromatic heterocycles. The zero-order valence-corrected chi connectivity index (χ0v) is 11.3. The van der Waals surface area contributed by atoms with Crippen LogP contribution in [0.1, 0.15) is 11.1 Å². The van der Waals surface area contributed by atoms with Crippen LogP contribution < -0.4 is 14.8 Å². The van der Waals surface area contributed by atoms with E-state index < -0.39 is 0 Å². The van der Waals surface area contributed by atoms with Gasteiger partial charge in [0, 0.05) is 12.1 Å². The van der Waals surface area contributed by atoms with Crippen molar-refractivity contribution in [2.75, 3.05) is 6.79 Å². The van der Waals surface area contributed by atoms with Gasteiger partial charge in [0.2, 0.25) is 12.7 Å². The number of amides is 1. The number of rotatable bonds is 4. The van der Waals surface area contributed by atoms with Gasteiger partial charge in [0.15, 0.2) is 11.5 Å². The number of benzene rings is 2. The molecule has 5 nitrogen and oxygen atoms in total. The van der Waals surface area contributed by atoms with E-state index in [1.54, 1.807) is 24.3 Å². The Balaban J connectivity index is 1.58. The van der Waals surface area contributed by atoms with E-state index in [-0.39, 0.29) is 24.9 Å². The zero-order chi connectivity index (χ0) is 14.7. The van der Waals surface area contributed by atoms with E-state index in [1.165, 1.54) is 0 Å². The summed E-state index contributed by atoms with van der Waals surface area (Å²) in [6, 6.07) is 12.4. The molecular weight excluding hydrogens is 270 g/mol. The molecule has 21 heavy (non-hydrogen) atoms. The Hall–Kier alpha value is -2.69. The van der Waals surface area contributed by atoms with Crippen LogP contribution in [0.3, 0.4) is 0 Å². The van der Waals surface area contributed by atoms with Gasteiger partial charge < -0.3 is 19.9 Å². The van der Waals surface area contributed by atoms with Crippen LogP contribution in [-0.2, 0) is 17.8 Å². The average molecular weight is 285 g/mol. The third kappa shape index (κ3) is 3.08. The smallest absolute Gasteiger partial charge is 0.231 e. The molecule has 3 rings (SSSR count). The average Bonchev–Trinajstić information content (AvgIpc) is 2.95. The van der Waals surface area contributed by atoms with Crippen LogP contribution in [-0.4, -0.2) is 17.8 Å². The van der Waals surface area contributed by atoms with Gasteiger partial charge in [-0.3, -0.25) is 4.79 Å². The van der Waals surface area contributed by atoms with Gasteiger partial charge in [0.25, 0.3) is 0 Å². The van der Waals surface area contributed by atoms with Crippen molar-refractivity contribution in [2.24, 2.45) is 0 Å². The van der Waals surface area contributed by atoms with E-state index in [9.17, 15) is 9.90 Å². The number of nitrogens with one attached hydrogen (secondary N) is 1. The molecule has 0 spiro atoms. The van der Waals surface area contributed by atoms with Crippen molar-refractivity contribution < 1.29 is 19.4 Å². The maximum absolute atomic E-state index is 11.9. The summed E-state index contributed by atoms with van der Waals surface area (Å²) in [6.07, 6.45) is 0.150. The lowest BCUT2D eigenvalue weighted by Crippen LogP contribution is -2.24. The molecule has 0 bridgehead atoms. The second-order valence-electron chi connectivity index (χ2n) is 4.77. The Morgan fingerprint density at radius 1 is 1.14 bits per heavy atom. The predicted octanol–water partition coefficient (Wildman–Crippen LogP) is 1.98. The van der Waals surface area contributed by atoms with Gasteiger partial charge in [-0.15, -0.1) is 0 Å². The Morgan fingerprint density at radius 3 is 2.81 bits per heavy atom. The van der Waals surface area contributed by atoms with Crippen molar-refractivity contribution >= 4 is 5.91 Å². The topological polar surface area (TPSA) is 67.8 Å². The fraction of sp³-hybridized carbons (Fsp3) is 0.188. The van der Waals surface area contributed by atoms with Crippen LogP contribution in [0.2, 0.25) is 0 Å². The summed E-state index contributed by atoms with van der Waals surface area (Å²) in [4.78, 5) is 11.9. The summed E-state index contributed by atoms with van der Waals surface area (Å²) in [5, 5.41) is 12.5. The van der Waals surface area contributed by atoms with Gasteiger partial charge in [-0.05, 0) is 23.8 Å². The number of aromatic hydroxyl groups is 1. The highest BCUT2D eigenvalue weighted by Gasteiger charge is 2.13. The normalized spacial score (nSPS) is 12.2. The van der Waals surface area contributed by atoms with Gasteiger partial charge in [-0.25, -0.2) is 0 Å². The van der Waals surface area contributed by atoms with Crippen LogP contribution in [0.5, 0.6) is 17.2 Å². The van der Waals surface area contributed by atoms with Gasteiger partial charge >= 0.3 is 0 Å². The van der Waals surface area contributed by atoms with Crippen molar-refractivity contribution in [3.05, 3.63) is 53.6 Å². The molecule has 1 heterocycles. The highest BCUT2D eigenvalue weighted by Crippen LogP contribution is 2.32. The number of phenols is 1. The largest absolute Gasteiger partial charge is 0.508 e. The molecule has 0 aliphatic carbocycles. The Kier molecular flexibility index (Phi) is 3.64. The van der Waals surface area contributed by atoms with E-state index in [0.29, 0.717) is 17.9 Å². The van der Waals surface area contributed by atoms with Gasteiger partial charge in [0.05, 0.1) is 6.42 Å². The summed E-state index contributed by atoms with van der Waals surface area (Å²) in [5.74, 6) is 1.41. The van der Waals surface area contributed by atoms with Crippen LogP contribution in [0, 0.1) is 0 Å². The van der Waals surface area contributed by atoms with Crippen molar-refractivity contribution in [2.45, 2.75) is 13.0 Å². The molecule has 0 unspecified atom stereocenters. The zero-order valence-electron chi connectivity index (χ0n) is 11.3. The van der Waals surface area contributed by atoms with E-state index in [0.717, 1.165) is 11.3 Å². The second kappa shape index (κ2) is 5.75. The Bertz CT molecular complexity index is 669. The first kappa shape index (κ1) is 13.3. The lowest BCUT2D eigenvalue weighted by atomic mass is 10.1. The lowest BCUT2D eigenvalue weighted by Gasteiger charge is -2.07. The molecular formula is C16H15NO4. The summed E-state index contributed by atoms with van der Waals surface area (Å²) in [7, 11) is 0. The molecule has 2 N–H and O–H groups in total. The molecule has 2 aromatic carbocycles. The lowest BCUT2D eigenvalue weighted by molar-refractivity contribution is -0.120. The minimum atomic E-state index is -0.144. The number of fused-ring (bicyclic) bond motifs is 1. The second-order valence-corrected chi connectivity index (χ2v) is 4.77. The molecule has 1 aliphatic rings. The molecule has 0 atom stereocenters. The number of ether oxygens (including phenoxy) is 2. The standard InChI is InChI=1S/C16H15NO4/c18-13-4-2-1-3-12(13)8-16(19)17-9-11-5-6-14-15(7-11)21-10-20-14/h1-7,18H,8-10H2,(H,17,19). The monoisotopic (exact) mass is 285 g/mol. The number of para-hydroxylation sites is 1. The first-order chi connectivity index (χ1) is 10.2. The van der Waals surface area contributed by atoms with Crippen molar-refractivity contribution in [1.29, 1.82) is 0 Å². The summed E-state index contributed by atoms with van der Waals surface area (Å²) in [5.41, 5.74) is 1.55. The number of hydrogen-bond donors (Lipinski definition) is 2. The van der Waals surface area contributed by atoms with Gasteiger partial charge in [-0.2, -0.15) is 0 Å². The number of hydrogen-bond acceptors (Lipinski definition) is 4. The van der Waals surface area contributed by atoms with Crippen LogP contribution in [0.25, 0.3) is 0 Å². The summed E-state index contributed by atoms with van der Waals surface area (Å²) in [6.45, 7) is 0.640. The summed E-state index contributed by atoms with van der Waals surface area (Å²) < 4.78 is 10.5. The highest BCUT2D eigenvalue weighted by molar-refractivity contribution is 5.79. The maximum atomic E-state index is 11.9. The fourth-order valence-corrected chi connectivity index (χ4v) is 2.15. The minimum absolute atomic E-state index is 0.135. The molecule has 0 fully saturated rings. The number of phenolic OH excluding ortho intramolecular Hbond substituents is 1. The van der Waals surface area contributed by atoms with Crippen LogP contribution in [0.15, 0.2) is 42.5 Å². The van der Waals surface area contributed by atoms with E-state index >= 15 is 0 Å². The van der Waals surface area contributed by atoms with Crippen LogP contribution >= 0.6 is 0 Å². The molecule has 1 aliphatic heterocycles. The first-order valence-electron chi connectivity index (χ1n) is 6.64. The van der Waals surface area contributed by atoms with Crippen molar-refractivity contribution in [3.8, 4) is 17.2 Å². The predicted molar refractivity (Wildman–Crippen MR) is 76.2 cm³/mol. The third-order valence-corrected chi connectivity index (χ3v) is 3.27. The van der Waals surface area contributed by atoms with E-state index in [1.807, 2.05) is 18.2 Å².